The van der Waals surface area contributed by atoms with Crippen LogP contribution in [-0.2, 0) is 6.42 Å². The summed E-state index contributed by atoms with van der Waals surface area (Å²) in [5.74, 6) is 1.73. The first-order valence-electron chi connectivity index (χ1n) is 8.07. The second-order valence-electron chi connectivity index (χ2n) is 6.87. The third-order valence-corrected chi connectivity index (χ3v) is 4.64. The zero-order valence-electron chi connectivity index (χ0n) is 13.5. The molecule has 0 amide bonds. The van der Waals surface area contributed by atoms with E-state index in [0.29, 0.717) is 0 Å². The van der Waals surface area contributed by atoms with Crippen LogP contribution in [0.2, 0.25) is 0 Å². The van der Waals surface area contributed by atoms with Crippen LogP contribution in [0.25, 0.3) is 0 Å². The Morgan fingerprint density at radius 1 is 1.20 bits per heavy atom. The Bertz CT molecular complexity index is 429. The molecule has 1 atom stereocenters. The fraction of sp³-hybridized carbons (Fsp3) is 0.667. The number of piperidine rings is 1. The fourth-order valence-corrected chi connectivity index (χ4v) is 3.38. The molecular formula is C18H30N2. The Morgan fingerprint density at radius 3 is 2.35 bits per heavy atom. The first-order chi connectivity index (χ1) is 9.47. The van der Waals surface area contributed by atoms with Gasteiger partial charge in [0.2, 0.25) is 0 Å². The van der Waals surface area contributed by atoms with Gasteiger partial charge in [0.15, 0.2) is 0 Å². The van der Waals surface area contributed by atoms with Crippen LogP contribution in [0.3, 0.4) is 0 Å². The van der Waals surface area contributed by atoms with Crippen LogP contribution in [0.1, 0.15) is 44.7 Å². The zero-order valence-corrected chi connectivity index (χ0v) is 13.5. The summed E-state index contributed by atoms with van der Waals surface area (Å²) in [6, 6.07) is 7.10. The Hall–Kier alpha value is -1.02. The SMILES string of the molecule is Cc1cc(CC(C)N)ccc1N1CCC(C(C)C)CC1. The average Bonchev–Trinajstić information content (AvgIpc) is 2.38. The topological polar surface area (TPSA) is 29.3 Å². The van der Waals surface area contributed by atoms with E-state index < -0.39 is 0 Å². The summed E-state index contributed by atoms with van der Waals surface area (Å²) in [6.45, 7) is 11.4. The third kappa shape index (κ3) is 3.76. The molecule has 0 bridgehead atoms. The van der Waals surface area contributed by atoms with Gasteiger partial charge in [0, 0.05) is 24.8 Å². The predicted octanol–water partition coefficient (Wildman–Crippen LogP) is 3.76. The number of nitrogens with two attached hydrogens (primary N) is 1. The third-order valence-electron chi connectivity index (χ3n) is 4.64. The van der Waals surface area contributed by atoms with E-state index in [1.54, 1.807) is 0 Å². The highest BCUT2D eigenvalue weighted by Gasteiger charge is 2.22. The number of anilines is 1. The van der Waals surface area contributed by atoms with Crippen molar-refractivity contribution in [3.05, 3.63) is 29.3 Å². The number of benzene rings is 1. The Morgan fingerprint density at radius 2 is 1.85 bits per heavy atom. The predicted molar refractivity (Wildman–Crippen MR) is 88.3 cm³/mol. The van der Waals surface area contributed by atoms with Crippen LogP contribution in [0.5, 0.6) is 0 Å². The number of rotatable bonds is 4. The van der Waals surface area contributed by atoms with E-state index in [1.165, 1.54) is 42.7 Å². The smallest absolute Gasteiger partial charge is 0.0396 e. The average molecular weight is 274 g/mol. The lowest BCUT2D eigenvalue weighted by atomic mass is 9.86. The molecule has 2 N–H and O–H groups in total. The van der Waals surface area contributed by atoms with Crippen molar-refractivity contribution < 1.29 is 0 Å². The van der Waals surface area contributed by atoms with E-state index in [4.69, 9.17) is 5.73 Å². The van der Waals surface area contributed by atoms with Crippen molar-refractivity contribution in [2.24, 2.45) is 17.6 Å². The molecule has 0 spiro atoms. The molecule has 1 aliphatic heterocycles. The van der Waals surface area contributed by atoms with Crippen molar-refractivity contribution in [3.8, 4) is 0 Å². The van der Waals surface area contributed by atoms with Crippen molar-refractivity contribution in [2.45, 2.75) is 53.0 Å². The summed E-state index contributed by atoms with van der Waals surface area (Å²) in [6.07, 6.45) is 3.63. The van der Waals surface area contributed by atoms with E-state index in [1.807, 2.05) is 0 Å². The maximum atomic E-state index is 5.89. The molecule has 112 valence electrons. The van der Waals surface area contributed by atoms with E-state index in [0.717, 1.165) is 18.3 Å². The molecule has 20 heavy (non-hydrogen) atoms. The molecule has 2 heteroatoms. The van der Waals surface area contributed by atoms with Gasteiger partial charge in [-0.25, -0.2) is 0 Å². The van der Waals surface area contributed by atoms with Gasteiger partial charge in [-0.3, -0.25) is 0 Å². The van der Waals surface area contributed by atoms with Gasteiger partial charge in [0.05, 0.1) is 0 Å². The van der Waals surface area contributed by atoms with Gasteiger partial charge in [0.25, 0.3) is 0 Å². The summed E-state index contributed by atoms with van der Waals surface area (Å²) < 4.78 is 0. The second kappa shape index (κ2) is 6.62. The number of hydrogen-bond donors (Lipinski definition) is 1. The standard InChI is InChI=1S/C18H30N2/c1-13(2)17-7-9-20(10-8-17)18-6-5-16(11-14(18)3)12-15(4)19/h5-6,11,13,15,17H,7-10,12,19H2,1-4H3. The van der Waals surface area contributed by atoms with Crippen LogP contribution in [-0.4, -0.2) is 19.1 Å². The highest BCUT2D eigenvalue weighted by Crippen LogP contribution is 2.30. The molecule has 2 rings (SSSR count). The van der Waals surface area contributed by atoms with E-state index >= 15 is 0 Å². The highest BCUT2D eigenvalue weighted by molar-refractivity contribution is 5.54. The highest BCUT2D eigenvalue weighted by atomic mass is 15.1. The van der Waals surface area contributed by atoms with Crippen molar-refractivity contribution >= 4 is 5.69 Å². The lowest BCUT2D eigenvalue weighted by Crippen LogP contribution is -2.35. The lowest BCUT2D eigenvalue weighted by Gasteiger charge is -2.36. The Balaban J connectivity index is 2.03. The molecule has 2 nitrogen and oxygen atoms in total. The second-order valence-corrected chi connectivity index (χ2v) is 6.87. The quantitative estimate of drug-likeness (QED) is 0.906. The molecule has 1 aromatic carbocycles. The van der Waals surface area contributed by atoms with Crippen molar-refractivity contribution in [1.82, 2.24) is 0 Å². The van der Waals surface area contributed by atoms with Crippen molar-refractivity contribution in [1.29, 1.82) is 0 Å². The molecule has 0 radical (unpaired) electrons. The number of aryl methyl sites for hydroxylation is 1. The molecule has 1 aliphatic rings. The summed E-state index contributed by atoms with van der Waals surface area (Å²) >= 11 is 0. The lowest BCUT2D eigenvalue weighted by molar-refractivity contribution is 0.311. The van der Waals surface area contributed by atoms with Gasteiger partial charge in [-0.05, 0) is 62.1 Å². The van der Waals surface area contributed by atoms with Crippen LogP contribution in [0.4, 0.5) is 5.69 Å². The van der Waals surface area contributed by atoms with Crippen LogP contribution in [0.15, 0.2) is 18.2 Å². The summed E-state index contributed by atoms with van der Waals surface area (Å²) in [5.41, 5.74) is 10.1. The van der Waals surface area contributed by atoms with Crippen molar-refractivity contribution in [3.63, 3.8) is 0 Å². The molecule has 0 aliphatic carbocycles. The maximum Gasteiger partial charge on any atom is 0.0396 e. The Kier molecular flexibility index (Phi) is 5.09. The van der Waals surface area contributed by atoms with Crippen LogP contribution >= 0.6 is 0 Å². The first-order valence-corrected chi connectivity index (χ1v) is 8.07. The largest absolute Gasteiger partial charge is 0.371 e. The minimum atomic E-state index is 0.238. The summed E-state index contributed by atoms with van der Waals surface area (Å²) in [5, 5.41) is 0. The molecule has 1 fully saturated rings. The van der Waals surface area contributed by atoms with Gasteiger partial charge >= 0.3 is 0 Å². The molecule has 1 unspecified atom stereocenters. The minimum Gasteiger partial charge on any atom is -0.371 e. The van der Waals surface area contributed by atoms with Crippen molar-refractivity contribution in [2.75, 3.05) is 18.0 Å². The zero-order chi connectivity index (χ0) is 14.7. The summed E-state index contributed by atoms with van der Waals surface area (Å²) in [4.78, 5) is 2.56. The van der Waals surface area contributed by atoms with E-state index in [9.17, 15) is 0 Å². The molecule has 1 heterocycles. The monoisotopic (exact) mass is 274 g/mol. The van der Waals surface area contributed by atoms with Gasteiger partial charge < -0.3 is 10.6 Å². The van der Waals surface area contributed by atoms with E-state index in [-0.39, 0.29) is 6.04 Å². The minimum absolute atomic E-state index is 0.238. The molecule has 0 saturated carbocycles. The number of nitrogens with zero attached hydrogens (tertiary/aromatic N) is 1. The molecular weight excluding hydrogens is 244 g/mol. The normalized spacial score (nSPS) is 18.6. The number of hydrogen-bond acceptors (Lipinski definition) is 2. The van der Waals surface area contributed by atoms with Gasteiger partial charge in [0.1, 0.15) is 0 Å². The van der Waals surface area contributed by atoms with Gasteiger partial charge in [-0.1, -0.05) is 26.0 Å². The van der Waals surface area contributed by atoms with E-state index in [2.05, 4.69) is 50.8 Å². The van der Waals surface area contributed by atoms with Gasteiger partial charge in [-0.15, -0.1) is 0 Å². The Labute approximate surface area is 124 Å². The molecule has 1 aromatic rings. The van der Waals surface area contributed by atoms with Gasteiger partial charge in [-0.2, -0.15) is 0 Å². The molecule has 0 aromatic heterocycles. The fourth-order valence-electron chi connectivity index (χ4n) is 3.38. The maximum absolute atomic E-state index is 5.89. The first kappa shape index (κ1) is 15.4. The summed E-state index contributed by atoms with van der Waals surface area (Å²) in [7, 11) is 0. The molecule has 1 saturated heterocycles. The van der Waals surface area contributed by atoms with Crippen LogP contribution < -0.4 is 10.6 Å². The van der Waals surface area contributed by atoms with Crippen LogP contribution in [0, 0.1) is 18.8 Å².